The molecule has 0 N–H and O–H groups in total. The first kappa shape index (κ1) is 18.3. The van der Waals surface area contributed by atoms with Gasteiger partial charge in [-0.3, -0.25) is 0 Å². The average Bonchev–Trinajstić information content (AvgIpc) is 3.36. The molecule has 2 aromatic heterocycles. The van der Waals surface area contributed by atoms with E-state index in [0.29, 0.717) is 0 Å². The predicted octanol–water partition coefficient (Wildman–Crippen LogP) is 9.73. The zero-order valence-electron chi connectivity index (χ0n) is 18.0. The van der Waals surface area contributed by atoms with Gasteiger partial charge >= 0.3 is 0 Å². The number of fused-ring (bicyclic) bond motifs is 14. The van der Waals surface area contributed by atoms with E-state index in [1.165, 1.54) is 74.2 Å². The minimum Gasteiger partial charge on any atom is -0.135 e. The molecule has 7 aromatic rings. The van der Waals surface area contributed by atoms with Gasteiger partial charge in [0.15, 0.2) is 0 Å². The van der Waals surface area contributed by atoms with E-state index in [9.17, 15) is 0 Å². The molecule has 0 radical (unpaired) electrons. The Morgan fingerprint density at radius 1 is 0.515 bits per heavy atom. The summed E-state index contributed by atoms with van der Waals surface area (Å²) in [6, 6.07) is 31.9. The highest BCUT2D eigenvalue weighted by Crippen LogP contribution is 2.51. The van der Waals surface area contributed by atoms with Crippen molar-refractivity contribution in [3.8, 4) is 11.1 Å². The van der Waals surface area contributed by atoms with Crippen LogP contribution in [0.4, 0.5) is 0 Å². The van der Waals surface area contributed by atoms with Crippen molar-refractivity contribution in [3.63, 3.8) is 0 Å². The largest absolute Gasteiger partial charge is 0.135 e. The molecule has 156 valence electrons. The van der Waals surface area contributed by atoms with E-state index in [1.807, 2.05) is 22.7 Å². The van der Waals surface area contributed by atoms with Gasteiger partial charge in [0.2, 0.25) is 0 Å². The van der Waals surface area contributed by atoms with Crippen LogP contribution in [0, 0.1) is 0 Å². The Labute approximate surface area is 199 Å². The van der Waals surface area contributed by atoms with Crippen molar-refractivity contribution in [2.24, 2.45) is 0 Å². The normalized spacial score (nSPS) is 13.7. The lowest BCUT2D eigenvalue weighted by atomic mass is 9.88. The van der Waals surface area contributed by atoms with Crippen molar-refractivity contribution in [2.45, 2.75) is 19.3 Å². The highest BCUT2D eigenvalue weighted by molar-refractivity contribution is 7.27. The van der Waals surface area contributed by atoms with Crippen LogP contribution in [0.5, 0.6) is 0 Å². The van der Waals surface area contributed by atoms with Gasteiger partial charge in [-0.25, -0.2) is 0 Å². The van der Waals surface area contributed by atoms with E-state index in [4.69, 9.17) is 0 Å². The minimum absolute atomic E-state index is 1.14. The highest BCUT2D eigenvalue weighted by atomic mass is 32.1. The molecule has 0 nitrogen and oxygen atoms in total. The molecule has 0 aliphatic heterocycles. The molecule has 1 aliphatic carbocycles. The monoisotopic (exact) mass is 456 g/mol. The molecule has 0 saturated carbocycles. The molecule has 33 heavy (non-hydrogen) atoms. The molecule has 0 bridgehead atoms. The predicted molar refractivity (Wildman–Crippen MR) is 147 cm³/mol. The third-order valence-corrected chi connectivity index (χ3v) is 9.73. The SMILES string of the molecule is c1ccc2c(c1)CCCc1c-2c2sc3ccccc3c2c2c1ccc1sc3ccccc3c12. The minimum atomic E-state index is 1.14. The van der Waals surface area contributed by atoms with E-state index in [0.717, 1.165) is 12.8 Å². The van der Waals surface area contributed by atoms with Gasteiger partial charge in [-0.05, 0) is 59.5 Å². The summed E-state index contributed by atoms with van der Waals surface area (Å²) in [6.07, 6.45) is 3.50. The molecule has 5 aromatic carbocycles. The van der Waals surface area contributed by atoms with Gasteiger partial charge in [-0.1, -0.05) is 66.7 Å². The Morgan fingerprint density at radius 3 is 2.12 bits per heavy atom. The Morgan fingerprint density at radius 2 is 1.24 bits per heavy atom. The third-order valence-electron chi connectivity index (χ3n) is 7.40. The molecule has 0 fully saturated rings. The topological polar surface area (TPSA) is 0 Å². The molecule has 0 saturated heterocycles. The fourth-order valence-corrected chi connectivity index (χ4v) is 8.46. The maximum Gasteiger partial charge on any atom is 0.0443 e. The van der Waals surface area contributed by atoms with Gasteiger partial charge < -0.3 is 0 Å². The standard InChI is InChI=1S/C31H20S2/c1-2-10-19-18(8-1)9-7-13-20-21-16-17-26-28(22-11-3-5-14-24(22)32-26)29(21)30-23-12-4-6-15-25(23)33-31(30)27(19)20/h1-6,8,10-12,14-17H,7,9,13H2. The summed E-state index contributed by atoms with van der Waals surface area (Å²) in [5, 5.41) is 8.62. The van der Waals surface area contributed by atoms with Crippen LogP contribution in [0.25, 0.3) is 62.2 Å². The van der Waals surface area contributed by atoms with Crippen molar-refractivity contribution in [3.05, 3.63) is 96.1 Å². The molecule has 0 amide bonds. The number of hydrogen-bond acceptors (Lipinski definition) is 2. The summed E-state index contributed by atoms with van der Waals surface area (Å²) in [4.78, 5) is 0. The first-order valence-corrected chi connectivity index (χ1v) is 13.3. The maximum atomic E-state index is 2.42. The molecular formula is C31H20S2. The lowest BCUT2D eigenvalue weighted by Gasteiger charge is -2.16. The summed E-state index contributed by atoms with van der Waals surface area (Å²) >= 11 is 3.91. The maximum absolute atomic E-state index is 2.42. The Bertz CT molecular complexity index is 1900. The van der Waals surface area contributed by atoms with Crippen molar-refractivity contribution in [2.75, 3.05) is 0 Å². The van der Waals surface area contributed by atoms with E-state index in [2.05, 4.69) is 84.9 Å². The Hall–Kier alpha value is -3.20. The zero-order valence-corrected chi connectivity index (χ0v) is 19.7. The lowest BCUT2D eigenvalue weighted by Crippen LogP contribution is -1.92. The first-order valence-electron chi connectivity index (χ1n) is 11.7. The van der Waals surface area contributed by atoms with Crippen LogP contribution in [0.1, 0.15) is 17.5 Å². The average molecular weight is 457 g/mol. The number of benzene rings is 5. The molecule has 2 heteroatoms. The van der Waals surface area contributed by atoms with Crippen molar-refractivity contribution >= 4 is 73.8 Å². The van der Waals surface area contributed by atoms with E-state index in [-0.39, 0.29) is 0 Å². The van der Waals surface area contributed by atoms with Crippen molar-refractivity contribution in [1.82, 2.24) is 0 Å². The number of thiophene rings is 2. The molecule has 0 atom stereocenters. The number of hydrogen-bond donors (Lipinski definition) is 0. The van der Waals surface area contributed by atoms with Crippen LogP contribution < -0.4 is 0 Å². The van der Waals surface area contributed by atoms with Crippen LogP contribution in [-0.4, -0.2) is 0 Å². The summed E-state index contributed by atoms with van der Waals surface area (Å²) in [5.74, 6) is 0. The molecular weight excluding hydrogens is 436 g/mol. The van der Waals surface area contributed by atoms with Gasteiger partial charge in [-0.2, -0.15) is 0 Å². The molecule has 1 aliphatic rings. The second-order valence-electron chi connectivity index (χ2n) is 9.13. The Kier molecular flexibility index (Phi) is 3.68. The molecule has 8 rings (SSSR count). The summed E-state index contributed by atoms with van der Waals surface area (Å²) in [7, 11) is 0. The van der Waals surface area contributed by atoms with E-state index < -0.39 is 0 Å². The molecule has 0 spiro atoms. The quantitative estimate of drug-likeness (QED) is 0.213. The van der Waals surface area contributed by atoms with Gasteiger partial charge in [-0.15, -0.1) is 22.7 Å². The van der Waals surface area contributed by atoms with E-state index >= 15 is 0 Å². The van der Waals surface area contributed by atoms with Crippen molar-refractivity contribution < 1.29 is 0 Å². The van der Waals surface area contributed by atoms with Gasteiger partial charge in [0.25, 0.3) is 0 Å². The Balaban J connectivity index is 1.73. The van der Waals surface area contributed by atoms with Gasteiger partial charge in [0.05, 0.1) is 0 Å². The van der Waals surface area contributed by atoms with Crippen molar-refractivity contribution in [1.29, 1.82) is 0 Å². The highest BCUT2D eigenvalue weighted by Gasteiger charge is 2.24. The summed E-state index contributed by atoms with van der Waals surface area (Å²) in [5.41, 5.74) is 5.98. The summed E-state index contributed by atoms with van der Waals surface area (Å²) in [6.45, 7) is 0. The molecule has 0 unspecified atom stereocenters. The van der Waals surface area contributed by atoms with Crippen LogP contribution >= 0.6 is 22.7 Å². The second kappa shape index (κ2) is 6.66. The van der Waals surface area contributed by atoms with Crippen LogP contribution in [0.2, 0.25) is 0 Å². The van der Waals surface area contributed by atoms with Gasteiger partial charge in [0, 0.05) is 51.3 Å². The number of rotatable bonds is 0. The van der Waals surface area contributed by atoms with Crippen LogP contribution in [0.15, 0.2) is 84.9 Å². The van der Waals surface area contributed by atoms with Crippen LogP contribution in [0.3, 0.4) is 0 Å². The number of aryl methyl sites for hydroxylation is 2. The summed E-state index contributed by atoms with van der Waals surface area (Å²) < 4.78 is 5.64. The third kappa shape index (κ3) is 2.40. The lowest BCUT2D eigenvalue weighted by molar-refractivity contribution is 0.839. The molecule has 2 heterocycles. The fraction of sp³-hybridized carbons (Fsp3) is 0.0968. The smallest absolute Gasteiger partial charge is 0.0443 e. The first-order chi connectivity index (χ1) is 16.4. The van der Waals surface area contributed by atoms with Gasteiger partial charge in [0.1, 0.15) is 0 Å². The zero-order chi connectivity index (χ0) is 21.5. The second-order valence-corrected chi connectivity index (χ2v) is 11.3. The van der Waals surface area contributed by atoms with Crippen LogP contribution in [-0.2, 0) is 12.8 Å². The van der Waals surface area contributed by atoms with E-state index in [1.54, 1.807) is 5.56 Å². The fourth-order valence-electron chi connectivity index (χ4n) is 6.05.